The van der Waals surface area contributed by atoms with Gasteiger partial charge >= 0.3 is 5.00 Å². The second-order valence-electron chi connectivity index (χ2n) is 4.77. The lowest BCUT2D eigenvalue weighted by molar-refractivity contribution is -0.380. The quantitative estimate of drug-likeness (QED) is 0.606. The molecule has 0 aliphatic rings. The zero-order valence-electron chi connectivity index (χ0n) is 12.0. The van der Waals surface area contributed by atoms with E-state index in [4.69, 9.17) is 4.74 Å². The number of ether oxygens (including phenoxy) is 1. The standard InChI is InChI=1S/C15H18N2O3S/c1-3-11(2)20-14-6-4-5-13(8-14)16-9-12-7-15(17(18)19)21-10-12/h4-8,10-11,16H,3,9H2,1-2H3. The van der Waals surface area contributed by atoms with Crippen LogP contribution in [0, 0.1) is 10.1 Å². The maximum Gasteiger partial charge on any atom is 0.324 e. The van der Waals surface area contributed by atoms with Crippen LogP contribution in [0.4, 0.5) is 10.7 Å². The lowest BCUT2D eigenvalue weighted by Crippen LogP contribution is -2.09. The number of hydrogen-bond acceptors (Lipinski definition) is 5. The number of nitrogens with zero attached hydrogens (tertiary/aromatic N) is 1. The Morgan fingerprint density at radius 1 is 1.43 bits per heavy atom. The van der Waals surface area contributed by atoms with E-state index in [1.165, 1.54) is 0 Å². The highest BCUT2D eigenvalue weighted by molar-refractivity contribution is 7.13. The Morgan fingerprint density at radius 2 is 2.24 bits per heavy atom. The van der Waals surface area contributed by atoms with Crippen molar-refractivity contribution in [1.82, 2.24) is 0 Å². The van der Waals surface area contributed by atoms with Gasteiger partial charge in [-0.05, 0) is 31.0 Å². The molecular formula is C15H18N2O3S. The Morgan fingerprint density at radius 3 is 2.90 bits per heavy atom. The summed E-state index contributed by atoms with van der Waals surface area (Å²) in [5, 5.41) is 15.9. The second kappa shape index (κ2) is 7.08. The topological polar surface area (TPSA) is 64.4 Å². The van der Waals surface area contributed by atoms with Crippen LogP contribution in [0.15, 0.2) is 35.7 Å². The molecule has 112 valence electrons. The molecule has 1 N–H and O–H groups in total. The van der Waals surface area contributed by atoms with E-state index in [-0.39, 0.29) is 16.0 Å². The third-order valence-corrected chi connectivity index (χ3v) is 3.99. The smallest absolute Gasteiger partial charge is 0.324 e. The molecule has 0 saturated heterocycles. The highest BCUT2D eigenvalue weighted by Gasteiger charge is 2.09. The van der Waals surface area contributed by atoms with Crippen molar-refractivity contribution in [2.45, 2.75) is 32.9 Å². The molecule has 5 nitrogen and oxygen atoms in total. The fourth-order valence-corrected chi connectivity index (χ4v) is 2.48. The number of nitro groups is 1. The van der Waals surface area contributed by atoms with Crippen molar-refractivity contribution in [2.24, 2.45) is 0 Å². The third-order valence-electron chi connectivity index (χ3n) is 3.06. The van der Waals surface area contributed by atoms with Crippen LogP contribution >= 0.6 is 11.3 Å². The van der Waals surface area contributed by atoms with E-state index in [0.717, 1.165) is 34.8 Å². The van der Waals surface area contributed by atoms with Crippen LogP contribution in [-0.4, -0.2) is 11.0 Å². The van der Waals surface area contributed by atoms with Crippen LogP contribution in [0.2, 0.25) is 0 Å². The monoisotopic (exact) mass is 306 g/mol. The molecule has 0 aliphatic heterocycles. The summed E-state index contributed by atoms with van der Waals surface area (Å²) in [4.78, 5) is 10.3. The van der Waals surface area contributed by atoms with Crippen molar-refractivity contribution in [3.05, 3.63) is 51.4 Å². The average Bonchev–Trinajstić information content (AvgIpc) is 2.94. The van der Waals surface area contributed by atoms with Crippen LogP contribution < -0.4 is 10.1 Å². The molecule has 6 heteroatoms. The van der Waals surface area contributed by atoms with Gasteiger partial charge in [-0.15, -0.1) is 0 Å². The summed E-state index contributed by atoms with van der Waals surface area (Å²) in [5.41, 5.74) is 1.84. The molecule has 1 aromatic carbocycles. The number of hydrogen-bond donors (Lipinski definition) is 1. The average molecular weight is 306 g/mol. The van der Waals surface area contributed by atoms with Crippen LogP contribution in [0.3, 0.4) is 0 Å². The molecule has 1 atom stereocenters. The Labute approximate surface area is 127 Å². The number of anilines is 1. The minimum Gasteiger partial charge on any atom is -0.491 e. The van der Waals surface area contributed by atoms with Crippen molar-refractivity contribution < 1.29 is 9.66 Å². The van der Waals surface area contributed by atoms with Gasteiger partial charge in [0.25, 0.3) is 0 Å². The molecule has 1 aromatic heterocycles. The first-order valence-electron chi connectivity index (χ1n) is 6.81. The Hall–Kier alpha value is -2.08. The molecule has 2 aromatic rings. The molecule has 0 aliphatic carbocycles. The predicted octanol–water partition coefficient (Wildman–Crippen LogP) is 4.45. The fourth-order valence-electron chi connectivity index (χ4n) is 1.75. The van der Waals surface area contributed by atoms with E-state index in [1.807, 2.05) is 31.2 Å². The van der Waals surface area contributed by atoms with Crippen LogP contribution in [0.5, 0.6) is 5.75 Å². The first-order valence-corrected chi connectivity index (χ1v) is 7.69. The SMILES string of the molecule is CCC(C)Oc1cccc(NCc2csc([N+](=O)[O-])c2)c1. The van der Waals surface area contributed by atoms with Gasteiger partial charge < -0.3 is 10.1 Å². The van der Waals surface area contributed by atoms with Gasteiger partial charge in [-0.1, -0.05) is 24.3 Å². The largest absolute Gasteiger partial charge is 0.491 e. The molecule has 0 bridgehead atoms. The second-order valence-corrected chi connectivity index (χ2v) is 5.66. The molecule has 1 heterocycles. The van der Waals surface area contributed by atoms with Gasteiger partial charge in [-0.3, -0.25) is 10.1 Å². The lowest BCUT2D eigenvalue weighted by atomic mass is 10.2. The first-order chi connectivity index (χ1) is 10.1. The number of nitrogens with one attached hydrogen (secondary N) is 1. The van der Waals surface area contributed by atoms with Crippen LogP contribution in [-0.2, 0) is 6.54 Å². The van der Waals surface area contributed by atoms with E-state index in [9.17, 15) is 10.1 Å². The first kappa shape index (κ1) is 15.3. The third kappa shape index (κ3) is 4.46. The summed E-state index contributed by atoms with van der Waals surface area (Å²) in [7, 11) is 0. The summed E-state index contributed by atoms with van der Waals surface area (Å²) >= 11 is 1.14. The maximum absolute atomic E-state index is 10.6. The molecule has 0 spiro atoms. The summed E-state index contributed by atoms with van der Waals surface area (Å²) < 4.78 is 5.76. The van der Waals surface area contributed by atoms with Gasteiger partial charge in [0, 0.05) is 29.7 Å². The van der Waals surface area contributed by atoms with Gasteiger partial charge in [0.1, 0.15) is 5.75 Å². The van der Waals surface area contributed by atoms with E-state index >= 15 is 0 Å². The predicted molar refractivity (Wildman–Crippen MR) is 85.1 cm³/mol. The van der Waals surface area contributed by atoms with Gasteiger partial charge in [-0.2, -0.15) is 0 Å². The van der Waals surface area contributed by atoms with Gasteiger partial charge in [-0.25, -0.2) is 0 Å². The van der Waals surface area contributed by atoms with Gasteiger partial charge in [0.05, 0.1) is 11.0 Å². The zero-order valence-corrected chi connectivity index (χ0v) is 12.9. The minimum atomic E-state index is -0.366. The maximum atomic E-state index is 10.6. The highest BCUT2D eigenvalue weighted by Crippen LogP contribution is 2.24. The van der Waals surface area contributed by atoms with Crippen molar-refractivity contribution in [3.8, 4) is 5.75 Å². The lowest BCUT2D eigenvalue weighted by Gasteiger charge is -2.13. The number of thiophene rings is 1. The van der Waals surface area contributed by atoms with E-state index in [1.54, 1.807) is 11.4 Å². The molecule has 0 fully saturated rings. The van der Waals surface area contributed by atoms with Gasteiger partial charge in [0.2, 0.25) is 0 Å². The van der Waals surface area contributed by atoms with E-state index in [0.29, 0.717) is 6.54 Å². The summed E-state index contributed by atoms with van der Waals surface area (Å²) in [5.74, 6) is 0.825. The van der Waals surface area contributed by atoms with Crippen LogP contribution in [0.1, 0.15) is 25.8 Å². The van der Waals surface area contributed by atoms with Crippen molar-refractivity contribution in [1.29, 1.82) is 0 Å². The van der Waals surface area contributed by atoms with E-state index < -0.39 is 0 Å². The molecule has 0 radical (unpaired) electrons. The molecule has 0 saturated carbocycles. The molecule has 0 amide bonds. The molecule has 21 heavy (non-hydrogen) atoms. The van der Waals surface area contributed by atoms with Crippen molar-refractivity contribution in [2.75, 3.05) is 5.32 Å². The number of rotatable bonds is 7. The molecule has 2 rings (SSSR count). The summed E-state index contributed by atoms with van der Waals surface area (Å²) in [6.07, 6.45) is 1.13. The van der Waals surface area contributed by atoms with E-state index in [2.05, 4.69) is 12.2 Å². The Kier molecular flexibility index (Phi) is 5.16. The molecular weight excluding hydrogens is 288 g/mol. The Balaban J connectivity index is 1.96. The van der Waals surface area contributed by atoms with Crippen molar-refractivity contribution in [3.63, 3.8) is 0 Å². The summed E-state index contributed by atoms with van der Waals surface area (Å²) in [6, 6.07) is 9.33. The van der Waals surface area contributed by atoms with Crippen LogP contribution in [0.25, 0.3) is 0 Å². The fraction of sp³-hybridized carbons (Fsp3) is 0.333. The zero-order chi connectivity index (χ0) is 15.2. The minimum absolute atomic E-state index is 0.167. The number of benzene rings is 1. The highest BCUT2D eigenvalue weighted by atomic mass is 32.1. The summed E-state index contributed by atoms with van der Waals surface area (Å²) in [6.45, 7) is 4.66. The van der Waals surface area contributed by atoms with Crippen molar-refractivity contribution >= 4 is 22.0 Å². The Bertz CT molecular complexity index is 612. The normalized spacial score (nSPS) is 11.9. The molecule has 1 unspecified atom stereocenters. The van der Waals surface area contributed by atoms with Gasteiger partial charge in [0.15, 0.2) is 0 Å².